The number of rotatable bonds is 7. The van der Waals surface area contributed by atoms with Crippen LogP contribution >= 0.6 is 0 Å². The number of benzene rings is 1. The summed E-state index contributed by atoms with van der Waals surface area (Å²) in [7, 11) is 6.88. The number of ether oxygens (including phenoxy) is 3. The molecule has 5 nitrogen and oxygen atoms in total. The number of likely N-dealkylation sites (N-methyl/N-ethyl adjacent to an activating group) is 1. The van der Waals surface area contributed by atoms with Gasteiger partial charge in [0, 0.05) is 19.1 Å². The lowest BCUT2D eigenvalue weighted by Gasteiger charge is -2.24. The molecule has 0 amide bonds. The first-order chi connectivity index (χ1) is 9.07. The van der Waals surface area contributed by atoms with Gasteiger partial charge in [-0.25, -0.2) is 0 Å². The van der Waals surface area contributed by atoms with Crippen LogP contribution in [0.2, 0.25) is 0 Å². The zero-order valence-corrected chi connectivity index (χ0v) is 12.4. The van der Waals surface area contributed by atoms with E-state index in [4.69, 9.17) is 19.9 Å². The molecule has 1 unspecified atom stereocenters. The van der Waals surface area contributed by atoms with Crippen LogP contribution < -0.4 is 19.9 Å². The molecule has 2 N–H and O–H groups in total. The van der Waals surface area contributed by atoms with Crippen LogP contribution in [0.5, 0.6) is 17.2 Å². The van der Waals surface area contributed by atoms with E-state index >= 15 is 0 Å². The molecule has 0 fully saturated rings. The molecule has 0 heterocycles. The standard InChI is InChI=1S/C14H24N2O3/c1-10(8-15)16(2)9-11-6-12(17-3)14(19-5)13(7-11)18-4/h6-7,10H,8-9,15H2,1-5H3. The van der Waals surface area contributed by atoms with E-state index in [-0.39, 0.29) is 0 Å². The lowest BCUT2D eigenvalue weighted by Crippen LogP contribution is -2.34. The van der Waals surface area contributed by atoms with Crippen molar-refractivity contribution in [3.8, 4) is 17.2 Å². The van der Waals surface area contributed by atoms with Crippen LogP contribution in [0.1, 0.15) is 12.5 Å². The Labute approximate surface area is 115 Å². The van der Waals surface area contributed by atoms with Gasteiger partial charge in [0.15, 0.2) is 11.5 Å². The molecular formula is C14H24N2O3. The number of nitrogens with two attached hydrogens (primary N) is 1. The normalized spacial score (nSPS) is 12.4. The predicted molar refractivity (Wildman–Crippen MR) is 76.1 cm³/mol. The Kier molecular flexibility index (Phi) is 5.92. The fourth-order valence-electron chi connectivity index (χ4n) is 1.85. The van der Waals surface area contributed by atoms with Crippen LogP contribution in [0.3, 0.4) is 0 Å². The first-order valence-electron chi connectivity index (χ1n) is 6.26. The molecule has 0 spiro atoms. The van der Waals surface area contributed by atoms with Crippen LogP contribution in [-0.4, -0.2) is 45.9 Å². The first-order valence-corrected chi connectivity index (χ1v) is 6.26. The van der Waals surface area contributed by atoms with Crippen molar-refractivity contribution in [2.45, 2.75) is 19.5 Å². The molecule has 0 bridgehead atoms. The molecule has 0 aromatic heterocycles. The highest BCUT2D eigenvalue weighted by Gasteiger charge is 2.15. The van der Waals surface area contributed by atoms with Gasteiger partial charge >= 0.3 is 0 Å². The summed E-state index contributed by atoms with van der Waals surface area (Å²) in [5.41, 5.74) is 6.77. The summed E-state index contributed by atoms with van der Waals surface area (Å²) < 4.78 is 16.0. The SMILES string of the molecule is COc1cc(CN(C)C(C)CN)cc(OC)c1OC. The molecule has 0 radical (unpaired) electrons. The smallest absolute Gasteiger partial charge is 0.203 e. The van der Waals surface area contributed by atoms with Gasteiger partial charge in [0.25, 0.3) is 0 Å². The van der Waals surface area contributed by atoms with E-state index in [2.05, 4.69) is 11.8 Å². The van der Waals surface area contributed by atoms with E-state index in [1.165, 1.54) is 0 Å². The van der Waals surface area contributed by atoms with Crippen LogP contribution in [0.4, 0.5) is 0 Å². The van der Waals surface area contributed by atoms with Crippen molar-refractivity contribution in [2.24, 2.45) is 5.73 Å². The van der Waals surface area contributed by atoms with Crippen molar-refractivity contribution in [3.63, 3.8) is 0 Å². The van der Waals surface area contributed by atoms with E-state index in [9.17, 15) is 0 Å². The lowest BCUT2D eigenvalue weighted by atomic mass is 10.1. The summed E-state index contributed by atoms with van der Waals surface area (Å²) >= 11 is 0. The molecule has 19 heavy (non-hydrogen) atoms. The maximum absolute atomic E-state index is 5.67. The fraction of sp³-hybridized carbons (Fsp3) is 0.571. The monoisotopic (exact) mass is 268 g/mol. The Hall–Kier alpha value is -1.46. The summed E-state index contributed by atoms with van der Waals surface area (Å²) in [4.78, 5) is 2.18. The van der Waals surface area contributed by atoms with Gasteiger partial charge in [0.1, 0.15) is 0 Å². The van der Waals surface area contributed by atoms with Crippen molar-refractivity contribution in [3.05, 3.63) is 17.7 Å². The average molecular weight is 268 g/mol. The number of methoxy groups -OCH3 is 3. The van der Waals surface area contributed by atoms with Gasteiger partial charge in [-0.15, -0.1) is 0 Å². The average Bonchev–Trinajstić information content (AvgIpc) is 2.44. The Morgan fingerprint density at radius 1 is 1.11 bits per heavy atom. The van der Waals surface area contributed by atoms with Crippen LogP contribution in [0, 0.1) is 0 Å². The summed E-state index contributed by atoms with van der Waals surface area (Å²) in [6.45, 7) is 3.49. The Morgan fingerprint density at radius 3 is 2.00 bits per heavy atom. The molecule has 1 rings (SSSR count). The highest BCUT2D eigenvalue weighted by Crippen LogP contribution is 2.38. The number of nitrogens with zero attached hydrogens (tertiary/aromatic N) is 1. The quantitative estimate of drug-likeness (QED) is 0.812. The number of hydrogen-bond donors (Lipinski definition) is 1. The van der Waals surface area contributed by atoms with Gasteiger partial charge in [0.05, 0.1) is 21.3 Å². The molecule has 0 aliphatic rings. The summed E-state index contributed by atoms with van der Waals surface area (Å²) in [5.74, 6) is 1.96. The van der Waals surface area contributed by atoms with Crippen molar-refractivity contribution in [2.75, 3.05) is 34.9 Å². The first kappa shape index (κ1) is 15.6. The van der Waals surface area contributed by atoms with Crippen molar-refractivity contribution < 1.29 is 14.2 Å². The molecule has 1 aromatic rings. The maximum atomic E-state index is 5.67. The largest absolute Gasteiger partial charge is 0.493 e. The predicted octanol–water partition coefficient (Wildman–Crippen LogP) is 1.49. The third kappa shape index (κ3) is 3.75. The molecule has 1 aromatic carbocycles. The maximum Gasteiger partial charge on any atom is 0.203 e. The van der Waals surface area contributed by atoms with Crippen LogP contribution in [0.15, 0.2) is 12.1 Å². The van der Waals surface area contributed by atoms with E-state index < -0.39 is 0 Å². The van der Waals surface area contributed by atoms with Crippen molar-refractivity contribution in [1.29, 1.82) is 0 Å². The zero-order valence-electron chi connectivity index (χ0n) is 12.4. The highest BCUT2D eigenvalue weighted by molar-refractivity contribution is 5.53. The Morgan fingerprint density at radius 2 is 1.63 bits per heavy atom. The minimum absolute atomic E-state index is 0.319. The molecule has 1 atom stereocenters. The van der Waals surface area contributed by atoms with Gasteiger partial charge in [-0.05, 0) is 31.7 Å². The zero-order chi connectivity index (χ0) is 14.4. The molecule has 0 aliphatic carbocycles. The van der Waals surface area contributed by atoms with Gasteiger partial charge in [-0.3, -0.25) is 4.90 Å². The molecule has 0 saturated carbocycles. The van der Waals surface area contributed by atoms with Crippen LogP contribution in [0.25, 0.3) is 0 Å². The van der Waals surface area contributed by atoms with E-state index in [1.54, 1.807) is 21.3 Å². The van der Waals surface area contributed by atoms with Crippen molar-refractivity contribution in [1.82, 2.24) is 4.90 Å². The second kappa shape index (κ2) is 7.21. The molecule has 0 saturated heterocycles. The second-order valence-corrected chi connectivity index (χ2v) is 4.53. The van der Waals surface area contributed by atoms with Gasteiger partial charge < -0.3 is 19.9 Å². The Bertz CT molecular complexity index is 385. The molecule has 108 valence electrons. The minimum atomic E-state index is 0.319. The number of hydrogen-bond acceptors (Lipinski definition) is 5. The minimum Gasteiger partial charge on any atom is -0.493 e. The lowest BCUT2D eigenvalue weighted by molar-refractivity contribution is 0.253. The third-order valence-electron chi connectivity index (χ3n) is 3.25. The van der Waals surface area contributed by atoms with Gasteiger partial charge in [-0.2, -0.15) is 0 Å². The van der Waals surface area contributed by atoms with E-state index in [0.29, 0.717) is 29.8 Å². The van der Waals surface area contributed by atoms with Gasteiger partial charge in [0.2, 0.25) is 5.75 Å². The van der Waals surface area contributed by atoms with Crippen LogP contribution in [-0.2, 0) is 6.54 Å². The summed E-state index contributed by atoms with van der Waals surface area (Å²) in [6, 6.07) is 4.24. The topological polar surface area (TPSA) is 57.0 Å². The Balaban J connectivity index is 3.02. The van der Waals surface area contributed by atoms with Gasteiger partial charge in [-0.1, -0.05) is 0 Å². The molecule has 0 aliphatic heterocycles. The second-order valence-electron chi connectivity index (χ2n) is 4.53. The molecule has 5 heteroatoms. The highest BCUT2D eigenvalue weighted by atomic mass is 16.5. The van der Waals surface area contributed by atoms with E-state index in [1.807, 2.05) is 19.2 Å². The fourth-order valence-corrected chi connectivity index (χ4v) is 1.85. The summed E-state index contributed by atoms with van der Waals surface area (Å²) in [6.07, 6.45) is 0. The summed E-state index contributed by atoms with van der Waals surface area (Å²) in [5, 5.41) is 0. The van der Waals surface area contributed by atoms with Crippen molar-refractivity contribution >= 4 is 0 Å². The molecular weight excluding hydrogens is 244 g/mol. The third-order valence-corrected chi connectivity index (χ3v) is 3.25. The van der Waals surface area contributed by atoms with E-state index in [0.717, 1.165) is 12.1 Å².